The minimum atomic E-state index is -3.99. The van der Waals surface area contributed by atoms with Crippen LogP contribution in [0.5, 0.6) is 0 Å². The van der Waals surface area contributed by atoms with Crippen LogP contribution in [-0.4, -0.2) is 8.42 Å². The van der Waals surface area contributed by atoms with E-state index in [4.69, 9.17) is 0 Å². The van der Waals surface area contributed by atoms with Gasteiger partial charge in [0.05, 0.1) is 4.90 Å². The molecule has 94 valence electrons. The molecule has 1 unspecified atom stereocenters. The van der Waals surface area contributed by atoms with Gasteiger partial charge >= 0.3 is 0 Å². The predicted molar refractivity (Wildman–Crippen MR) is 71.6 cm³/mol. The first kappa shape index (κ1) is 13.2. The van der Waals surface area contributed by atoms with Crippen LogP contribution in [0.15, 0.2) is 64.0 Å². The summed E-state index contributed by atoms with van der Waals surface area (Å²) in [5, 5.41) is 0. The summed E-state index contributed by atoms with van der Waals surface area (Å²) in [7, 11) is -3.99. The summed E-state index contributed by atoms with van der Waals surface area (Å²) in [6.45, 7) is 0. The number of alkyl halides is 1. The van der Waals surface area contributed by atoms with Gasteiger partial charge in [-0.15, -0.1) is 0 Å². The summed E-state index contributed by atoms with van der Waals surface area (Å²) in [5.74, 6) is 0. The maximum Gasteiger partial charge on any atom is 0.230 e. The van der Waals surface area contributed by atoms with E-state index < -0.39 is 15.3 Å². The summed E-state index contributed by atoms with van der Waals surface area (Å²) >= 11 is 3.22. The third kappa shape index (κ3) is 2.62. The van der Waals surface area contributed by atoms with E-state index in [2.05, 4.69) is 15.9 Å². The third-order valence-corrected chi connectivity index (χ3v) is 4.75. The highest BCUT2D eigenvalue weighted by Crippen LogP contribution is 2.30. The Morgan fingerprint density at radius 2 is 1.50 bits per heavy atom. The van der Waals surface area contributed by atoms with Crippen molar-refractivity contribution >= 4 is 25.8 Å². The first-order valence-electron chi connectivity index (χ1n) is 5.20. The molecule has 0 heterocycles. The van der Waals surface area contributed by atoms with Crippen LogP contribution in [-0.2, 0) is 9.84 Å². The Hall–Kier alpha value is -1.20. The number of halogens is 2. The molecule has 2 rings (SSSR count). The summed E-state index contributed by atoms with van der Waals surface area (Å²) in [4.78, 5) is -0.0135. The Morgan fingerprint density at radius 3 is 2.06 bits per heavy atom. The molecule has 0 fully saturated rings. The molecule has 2 aromatic rings. The Labute approximate surface area is 114 Å². The molecule has 0 saturated carbocycles. The second kappa shape index (κ2) is 5.20. The normalized spacial score (nSPS) is 13.2. The lowest BCUT2D eigenvalue weighted by Crippen LogP contribution is -2.09. The molecular formula is C13H10BrFO2S. The molecule has 2 nitrogen and oxygen atoms in total. The highest BCUT2D eigenvalue weighted by molar-refractivity contribution is 9.10. The molecule has 0 aliphatic heterocycles. The lowest BCUT2D eigenvalue weighted by Gasteiger charge is -2.10. The van der Waals surface area contributed by atoms with Crippen LogP contribution in [0.3, 0.4) is 0 Å². The summed E-state index contributed by atoms with van der Waals surface area (Å²) < 4.78 is 39.0. The minimum absolute atomic E-state index is 0.0135. The van der Waals surface area contributed by atoms with E-state index in [-0.39, 0.29) is 10.5 Å². The molecule has 5 heteroatoms. The maximum atomic E-state index is 14.1. The number of benzene rings is 2. The summed E-state index contributed by atoms with van der Waals surface area (Å²) in [5.41, 5.74) is -1.92. The fraction of sp³-hybridized carbons (Fsp3) is 0.0769. The Kier molecular flexibility index (Phi) is 3.82. The van der Waals surface area contributed by atoms with E-state index >= 15 is 0 Å². The van der Waals surface area contributed by atoms with Crippen LogP contribution >= 0.6 is 15.9 Å². The van der Waals surface area contributed by atoms with Crippen molar-refractivity contribution in [2.24, 2.45) is 0 Å². The Morgan fingerprint density at radius 1 is 0.944 bits per heavy atom. The van der Waals surface area contributed by atoms with Gasteiger partial charge in [0, 0.05) is 10.0 Å². The van der Waals surface area contributed by atoms with Gasteiger partial charge < -0.3 is 0 Å². The van der Waals surface area contributed by atoms with E-state index in [0.29, 0.717) is 0 Å². The van der Waals surface area contributed by atoms with Crippen molar-refractivity contribution in [2.45, 2.75) is 10.4 Å². The average molecular weight is 329 g/mol. The van der Waals surface area contributed by atoms with Gasteiger partial charge in [-0.1, -0.05) is 46.3 Å². The second-order valence-corrected chi connectivity index (χ2v) is 6.62. The largest absolute Gasteiger partial charge is 0.230 e. The van der Waals surface area contributed by atoms with Crippen molar-refractivity contribution in [1.29, 1.82) is 0 Å². The van der Waals surface area contributed by atoms with Crippen molar-refractivity contribution in [3.8, 4) is 0 Å². The van der Waals surface area contributed by atoms with Gasteiger partial charge in [-0.3, -0.25) is 0 Å². The van der Waals surface area contributed by atoms with Gasteiger partial charge in [-0.25, -0.2) is 12.8 Å². The van der Waals surface area contributed by atoms with Crippen LogP contribution in [0.4, 0.5) is 4.39 Å². The molecule has 0 saturated heterocycles. The van der Waals surface area contributed by atoms with Gasteiger partial charge in [-0.05, 0) is 24.3 Å². The molecule has 0 radical (unpaired) electrons. The van der Waals surface area contributed by atoms with E-state index in [0.717, 1.165) is 4.47 Å². The van der Waals surface area contributed by atoms with Crippen molar-refractivity contribution in [3.05, 3.63) is 64.6 Å². The highest BCUT2D eigenvalue weighted by Gasteiger charge is 2.28. The van der Waals surface area contributed by atoms with Crippen molar-refractivity contribution in [1.82, 2.24) is 0 Å². The SMILES string of the molecule is O=S(=O)(c1ccccc1)C(F)c1ccc(Br)cc1. The Balaban J connectivity index is 2.39. The van der Waals surface area contributed by atoms with Gasteiger partial charge in [0.25, 0.3) is 0 Å². The Bertz CT molecular complexity index is 624. The van der Waals surface area contributed by atoms with Crippen LogP contribution < -0.4 is 0 Å². The zero-order valence-electron chi connectivity index (χ0n) is 9.25. The third-order valence-electron chi connectivity index (χ3n) is 2.48. The molecule has 0 aliphatic carbocycles. The fourth-order valence-electron chi connectivity index (χ4n) is 1.52. The standard InChI is InChI=1S/C13H10BrFO2S/c14-11-8-6-10(7-9-11)13(15)18(16,17)12-4-2-1-3-5-12/h1-9,13H. The second-order valence-electron chi connectivity index (χ2n) is 3.73. The van der Waals surface area contributed by atoms with E-state index in [9.17, 15) is 12.8 Å². The fourth-order valence-corrected chi connectivity index (χ4v) is 3.08. The zero-order valence-corrected chi connectivity index (χ0v) is 11.7. The van der Waals surface area contributed by atoms with Gasteiger partial charge in [0.1, 0.15) is 0 Å². The topological polar surface area (TPSA) is 34.1 Å². The summed E-state index contributed by atoms with van der Waals surface area (Å²) in [6.07, 6.45) is 0. The van der Waals surface area contributed by atoms with E-state index in [1.165, 1.54) is 24.3 Å². The highest BCUT2D eigenvalue weighted by atomic mass is 79.9. The van der Waals surface area contributed by atoms with Crippen LogP contribution in [0.1, 0.15) is 11.1 Å². The first-order valence-corrected chi connectivity index (χ1v) is 7.54. The molecule has 0 aliphatic rings. The van der Waals surface area contributed by atoms with Crippen LogP contribution in [0.2, 0.25) is 0 Å². The molecule has 0 N–H and O–H groups in total. The molecule has 2 aromatic carbocycles. The molecule has 0 amide bonds. The lowest BCUT2D eigenvalue weighted by atomic mass is 10.2. The number of hydrogen-bond acceptors (Lipinski definition) is 2. The lowest BCUT2D eigenvalue weighted by molar-refractivity contribution is 0.431. The number of hydrogen-bond donors (Lipinski definition) is 0. The van der Waals surface area contributed by atoms with Crippen molar-refractivity contribution in [2.75, 3.05) is 0 Å². The zero-order chi connectivity index (χ0) is 13.2. The molecule has 0 bridgehead atoms. The maximum absolute atomic E-state index is 14.1. The van der Waals surface area contributed by atoms with Crippen molar-refractivity contribution in [3.63, 3.8) is 0 Å². The average Bonchev–Trinajstić information content (AvgIpc) is 2.40. The van der Waals surface area contributed by atoms with Crippen LogP contribution in [0, 0.1) is 0 Å². The van der Waals surface area contributed by atoms with Crippen LogP contribution in [0.25, 0.3) is 0 Å². The van der Waals surface area contributed by atoms with Crippen molar-refractivity contribution < 1.29 is 12.8 Å². The summed E-state index contributed by atoms with van der Waals surface area (Å²) in [6, 6.07) is 13.7. The first-order chi connectivity index (χ1) is 8.51. The molecular weight excluding hydrogens is 319 g/mol. The number of rotatable bonds is 3. The quantitative estimate of drug-likeness (QED) is 0.856. The minimum Gasteiger partial charge on any atom is -0.224 e. The monoisotopic (exact) mass is 328 g/mol. The van der Waals surface area contributed by atoms with Gasteiger partial charge in [0.15, 0.2) is 0 Å². The molecule has 0 aromatic heterocycles. The van der Waals surface area contributed by atoms with Gasteiger partial charge in [0.2, 0.25) is 15.3 Å². The van der Waals surface area contributed by atoms with E-state index in [1.807, 2.05) is 0 Å². The molecule has 0 spiro atoms. The molecule has 18 heavy (non-hydrogen) atoms. The predicted octanol–water partition coefficient (Wildman–Crippen LogP) is 3.89. The number of sulfone groups is 1. The van der Waals surface area contributed by atoms with E-state index in [1.54, 1.807) is 30.3 Å². The smallest absolute Gasteiger partial charge is 0.224 e. The molecule has 1 atom stereocenters. The van der Waals surface area contributed by atoms with Gasteiger partial charge in [-0.2, -0.15) is 0 Å².